The molecule has 1 aromatic heterocycles. The second kappa shape index (κ2) is 9.77. The minimum atomic E-state index is -0.158. The van der Waals surface area contributed by atoms with Crippen molar-refractivity contribution in [3.05, 3.63) is 66.0 Å². The van der Waals surface area contributed by atoms with E-state index in [-0.39, 0.29) is 11.8 Å². The van der Waals surface area contributed by atoms with Crippen LogP contribution >= 0.6 is 0 Å². The van der Waals surface area contributed by atoms with Crippen molar-refractivity contribution in [1.82, 2.24) is 14.8 Å². The fourth-order valence-corrected chi connectivity index (χ4v) is 4.32. The second-order valence-corrected chi connectivity index (χ2v) is 8.07. The highest BCUT2D eigenvalue weighted by molar-refractivity contribution is 6.35. The van der Waals surface area contributed by atoms with Gasteiger partial charge in [0.2, 0.25) is 0 Å². The minimum absolute atomic E-state index is 0.147. The number of carbonyl (C=O) groups excluding carboxylic acids is 2. The molecule has 0 spiro atoms. The number of hydrogen-bond acceptors (Lipinski definition) is 5. The number of pyridine rings is 1. The summed E-state index contributed by atoms with van der Waals surface area (Å²) in [5, 5.41) is 0. The van der Waals surface area contributed by atoms with Crippen LogP contribution in [-0.2, 0) is 9.59 Å². The van der Waals surface area contributed by atoms with E-state index in [9.17, 15) is 9.59 Å². The van der Waals surface area contributed by atoms with Gasteiger partial charge in [0.25, 0.3) is 11.8 Å². The van der Waals surface area contributed by atoms with Crippen molar-refractivity contribution >= 4 is 23.2 Å². The maximum Gasteiger partial charge on any atom is 0.277 e. The quantitative estimate of drug-likeness (QED) is 0.485. The van der Waals surface area contributed by atoms with E-state index >= 15 is 0 Å². The number of imide groups is 1. The van der Waals surface area contributed by atoms with Gasteiger partial charge < -0.3 is 9.80 Å². The topological polar surface area (TPSA) is 56.8 Å². The van der Waals surface area contributed by atoms with Gasteiger partial charge in [-0.1, -0.05) is 62.6 Å². The SMILES string of the molecule is CCCCCCN1C(=O)C(c2ccccc2)=C(N2CCN(c3ccccn3)CC2)C1=O. The van der Waals surface area contributed by atoms with Gasteiger partial charge in [0, 0.05) is 38.9 Å². The molecule has 2 amide bonds. The molecule has 31 heavy (non-hydrogen) atoms. The summed E-state index contributed by atoms with van der Waals surface area (Å²) in [7, 11) is 0. The number of unbranched alkanes of at least 4 members (excludes halogenated alkanes) is 3. The molecule has 0 unspecified atom stereocenters. The molecule has 0 bridgehead atoms. The third-order valence-corrected chi connectivity index (χ3v) is 6.01. The Labute approximate surface area is 184 Å². The van der Waals surface area contributed by atoms with E-state index in [0.29, 0.717) is 30.9 Å². The highest BCUT2D eigenvalue weighted by Crippen LogP contribution is 2.32. The zero-order valence-electron chi connectivity index (χ0n) is 18.2. The third-order valence-electron chi connectivity index (χ3n) is 6.01. The smallest absolute Gasteiger partial charge is 0.277 e. The van der Waals surface area contributed by atoms with Crippen molar-refractivity contribution in [3.63, 3.8) is 0 Å². The molecule has 1 aromatic carbocycles. The number of aromatic nitrogens is 1. The van der Waals surface area contributed by atoms with Crippen LogP contribution in [-0.4, -0.2) is 59.3 Å². The zero-order valence-corrected chi connectivity index (χ0v) is 18.2. The van der Waals surface area contributed by atoms with Gasteiger partial charge in [0.15, 0.2) is 0 Å². The fraction of sp³-hybridized carbons (Fsp3) is 0.400. The maximum atomic E-state index is 13.4. The van der Waals surface area contributed by atoms with E-state index < -0.39 is 0 Å². The summed E-state index contributed by atoms with van der Waals surface area (Å²) in [5.41, 5.74) is 1.93. The normalized spacial score (nSPS) is 17.1. The van der Waals surface area contributed by atoms with E-state index in [0.717, 1.165) is 50.2 Å². The summed E-state index contributed by atoms with van der Waals surface area (Å²) in [5.74, 6) is 0.646. The summed E-state index contributed by atoms with van der Waals surface area (Å²) < 4.78 is 0. The molecule has 0 radical (unpaired) electrons. The van der Waals surface area contributed by atoms with Crippen molar-refractivity contribution in [3.8, 4) is 0 Å². The maximum absolute atomic E-state index is 13.4. The van der Waals surface area contributed by atoms with Crippen molar-refractivity contribution in [2.75, 3.05) is 37.6 Å². The van der Waals surface area contributed by atoms with Gasteiger partial charge in [-0.25, -0.2) is 4.98 Å². The molecule has 4 rings (SSSR count). The molecule has 6 heteroatoms. The van der Waals surface area contributed by atoms with Crippen LogP contribution in [0.5, 0.6) is 0 Å². The van der Waals surface area contributed by atoms with Crippen LogP contribution in [0.3, 0.4) is 0 Å². The Hall–Kier alpha value is -3.15. The van der Waals surface area contributed by atoms with Gasteiger partial charge in [-0.2, -0.15) is 0 Å². The van der Waals surface area contributed by atoms with Crippen LogP contribution in [0.1, 0.15) is 38.2 Å². The highest BCUT2D eigenvalue weighted by atomic mass is 16.2. The lowest BCUT2D eigenvalue weighted by Gasteiger charge is -2.37. The van der Waals surface area contributed by atoms with E-state index in [1.54, 1.807) is 6.20 Å². The Bertz CT molecular complexity index is 935. The number of hydrogen-bond donors (Lipinski definition) is 0. The number of piperazine rings is 1. The van der Waals surface area contributed by atoms with Gasteiger partial charge >= 0.3 is 0 Å². The average Bonchev–Trinajstić information content (AvgIpc) is 3.07. The monoisotopic (exact) mass is 418 g/mol. The summed E-state index contributed by atoms with van der Waals surface area (Å²) in [6, 6.07) is 15.5. The van der Waals surface area contributed by atoms with Crippen LogP contribution in [0, 0.1) is 0 Å². The van der Waals surface area contributed by atoms with Crippen molar-refractivity contribution in [2.24, 2.45) is 0 Å². The molecular weight excluding hydrogens is 388 g/mol. The van der Waals surface area contributed by atoms with Gasteiger partial charge in [-0.05, 0) is 24.1 Å². The van der Waals surface area contributed by atoms with Gasteiger partial charge in [-0.3, -0.25) is 14.5 Å². The number of amides is 2. The molecule has 0 N–H and O–H groups in total. The first-order valence-electron chi connectivity index (χ1n) is 11.3. The average molecular weight is 419 g/mol. The summed E-state index contributed by atoms with van der Waals surface area (Å²) in [4.78, 5) is 36.9. The van der Waals surface area contributed by atoms with Crippen molar-refractivity contribution < 1.29 is 9.59 Å². The molecule has 2 aliphatic rings. The molecule has 2 aromatic rings. The van der Waals surface area contributed by atoms with Crippen LogP contribution < -0.4 is 4.90 Å². The molecule has 0 aliphatic carbocycles. The molecule has 0 saturated carbocycles. The van der Waals surface area contributed by atoms with Gasteiger partial charge in [0.1, 0.15) is 11.5 Å². The fourth-order valence-electron chi connectivity index (χ4n) is 4.32. The Morgan fingerprint density at radius 2 is 1.52 bits per heavy atom. The van der Waals surface area contributed by atoms with Crippen LogP contribution in [0.4, 0.5) is 5.82 Å². The number of benzene rings is 1. The molecule has 2 aliphatic heterocycles. The Balaban J connectivity index is 1.56. The van der Waals surface area contributed by atoms with Crippen LogP contribution in [0.25, 0.3) is 5.57 Å². The van der Waals surface area contributed by atoms with Crippen LogP contribution in [0.2, 0.25) is 0 Å². The number of anilines is 1. The first-order chi connectivity index (χ1) is 15.2. The number of carbonyl (C=O) groups is 2. The largest absolute Gasteiger partial charge is 0.363 e. The van der Waals surface area contributed by atoms with E-state index in [4.69, 9.17) is 0 Å². The summed E-state index contributed by atoms with van der Waals surface area (Å²) in [6.45, 7) is 5.55. The predicted molar refractivity (Wildman–Crippen MR) is 122 cm³/mol. The highest BCUT2D eigenvalue weighted by Gasteiger charge is 2.41. The second-order valence-electron chi connectivity index (χ2n) is 8.07. The molecular formula is C25H30N4O2. The van der Waals surface area contributed by atoms with Gasteiger partial charge in [-0.15, -0.1) is 0 Å². The lowest BCUT2D eigenvalue weighted by molar-refractivity contribution is -0.137. The number of rotatable bonds is 8. The van der Waals surface area contributed by atoms with Crippen molar-refractivity contribution in [1.29, 1.82) is 0 Å². The Morgan fingerprint density at radius 3 is 2.19 bits per heavy atom. The molecule has 162 valence electrons. The van der Waals surface area contributed by atoms with Gasteiger partial charge in [0.05, 0.1) is 5.57 Å². The zero-order chi connectivity index (χ0) is 21.6. The van der Waals surface area contributed by atoms with E-state index in [2.05, 4.69) is 21.7 Å². The first-order valence-corrected chi connectivity index (χ1v) is 11.3. The Morgan fingerprint density at radius 1 is 0.806 bits per heavy atom. The summed E-state index contributed by atoms with van der Waals surface area (Å²) in [6.07, 6.45) is 5.94. The lowest BCUT2D eigenvalue weighted by Crippen LogP contribution is -2.48. The first kappa shape index (κ1) is 21.1. The van der Waals surface area contributed by atoms with E-state index in [1.165, 1.54) is 4.90 Å². The van der Waals surface area contributed by atoms with E-state index in [1.807, 2.05) is 48.5 Å². The summed E-state index contributed by atoms with van der Waals surface area (Å²) >= 11 is 0. The van der Waals surface area contributed by atoms with Crippen molar-refractivity contribution in [2.45, 2.75) is 32.6 Å². The predicted octanol–water partition coefficient (Wildman–Crippen LogP) is 3.56. The lowest BCUT2D eigenvalue weighted by atomic mass is 10.0. The standard InChI is InChI=1S/C25H30N4O2/c1-2-3-4-10-15-29-24(30)22(20-11-6-5-7-12-20)23(25(29)31)28-18-16-27(17-19-28)21-13-8-9-14-26-21/h5-9,11-14H,2-4,10,15-19H2,1H3. The molecule has 3 heterocycles. The third kappa shape index (κ3) is 4.48. The molecule has 6 nitrogen and oxygen atoms in total. The number of nitrogens with zero attached hydrogens (tertiary/aromatic N) is 4. The minimum Gasteiger partial charge on any atom is -0.363 e. The molecule has 1 saturated heterocycles. The molecule has 1 fully saturated rings. The molecule has 0 atom stereocenters. The van der Waals surface area contributed by atoms with Crippen LogP contribution in [0.15, 0.2) is 60.4 Å². The Kier molecular flexibility index (Phi) is 6.65.